The van der Waals surface area contributed by atoms with Crippen LogP contribution in [0.3, 0.4) is 0 Å². The average Bonchev–Trinajstić information content (AvgIpc) is 2.49. The Labute approximate surface area is 128 Å². The Morgan fingerprint density at radius 1 is 1.18 bits per heavy atom. The molecule has 1 N–H and O–H groups in total. The molecule has 22 heavy (non-hydrogen) atoms. The Morgan fingerprint density at radius 3 is 2.36 bits per heavy atom. The van der Waals surface area contributed by atoms with Crippen LogP contribution >= 0.6 is 0 Å². The minimum absolute atomic E-state index is 0.0568. The van der Waals surface area contributed by atoms with Crippen molar-refractivity contribution in [2.75, 3.05) is 37.7 Å². The number of rotatable bonds is 5. The van der Waals surface area contributed by atoms with Crippen molar-refractivity contribution < 1.29 is 22.0 Å². The highest BCUT2D eigenvalue weighted by Gasteiger charge is 2.40. The van der Waals surface area contributed by atoms with Crippen molar-refractivity contribution >= 4 is 15.7 Å². The van der Waals surface area contributed by atoms with E-state index in [2.05, 4.69) is 5.32 Å². The summed E-state index contributed by atoms with van der Waals surface area (Å²) in [6.07, 6.45) is 0. The molecule has 1 aromatic carbocycles. The summed E-state index contributed by atoms with van der Waals surface area (Å²) in [5, 5.41) is 2.21. The van der Waals surface area contributed by atoms with Gasteiger partial charge in [0.05, 0.1) is 11.5 Å². The van der Waals surface area contributed by atoms with Gasteiger partial charge < -0.3 is 5.32 Å². The Kier molecular flexibility index (Phi) is 5.12. The molecule has 1 saturated heterocycles. The zero-order valence-corrected chi connectivity index (χ0v) is 12.8. The number of nitrogens with zero attached hydrogens (tertiary/aromatic N) is 1. The molecule has 1 heterocycles. The van der Waals surface area contributed by atoms with Gasteiger partial charge in [0.25, 0.3) is 5.91 Å². The van der Waals surface area contributed by atoms with E-state index in [9.17, 15) is 22.0 Å². The quantitative estimate of drug-likeness (QED) is 0.859. The Balaban J connectivity index is 1.81. The van der Waals surface area contributed by atoms with Gasteiger partial charge in [0.2, 0.25) is 0 Å². The van der Waals surface area contributed by atoms with E-state index in [4.69, 9.17) is 0 Å². The standard InChI is InChI=1S/C14H18F2N2O3S/c15-14(16,12-4-2-1-3-5-12)13(19)17-6-7-18-8-10-22(20,21)11-9-18/h1-5H,6-11H2,(H,17,19). The largest absolute Gasteiger partial charge is 0.349 e. The van der Waals surface area contributed by atoms with Crippen molar-refractivity contribution in [1.29, 1.82) is 0 Å². The first-order valence-corrected chi connectivity index (χ1v) is 8.78. The predicted octanol–water partition coefficient (Wildman–Crippen LogP) is 0.625. The smallest absolute Gasteiger partial charge is 0.349 e. The highest BCUT2D eigenvalue weighted by Crippen LogP contribution is 2.27. The molecule has 0 saturated carbocycles. The molecule has 1 fully saturated rings. The van der Waals surface area contributed by atoms with Gasteiger partial charge in [0, 0.05) is 31.7 Å². The predicted molar refractivity (Wildman–Crippen MR) is 78.4 cm³/mol. The number of sulfone groups is 1. The molecule has 122 valence electrons. The van der Waals surface area contributed by atoms with Crippen LogP contribution in [0.25, 0.3) is 0 Å². The lowest BCUT2D eigenvalue weighted by Crippen LogP contribution is -2.46. The number of benzene rings is 1. The van der Waals surface area contributed by atoms with Crippen LogP contribution in [-0.4, -0.2) is 56.9 Å². The summed E-state index contributed by atoms with van der Waals surface area (Å²) in [5.74, 6) is -4.78. The summed E-state index contributed by atoms with van der Waals surface area (Å²) in [7, 11) is -2.97. The first-order chi connectivity index (χ1) is 10.3. The number of carbonyl (C=O) groups is 1. The number of hydrogen-bond acceptors (Lipinski definition) is 4. The minimum atomic E-state index is -3.58. The summed E-state index contributed by atoms with van der Waals surface area (Å²) < 4.78 is 50.4. The molecule has 1 aliphatic heterocycles. The maximum absolute atomic E-state index is 13.9. The number of carbonyl (C=O) groups excluding carboxylic acids is 1. The Bertz CT molecular complexity index is 606. The Hall–Kier alpha value is -1.54. The fourth-order valence-corrected chi connectivity index (χ4v) is 3.47. The molecule has 0 aromatic heterocycles. The molecule has 0 unspecified atom stereocenters. The molecule has 0 radical (unpaired) electrons. The second-order valence-corrected chi connectivity index (χ2v) is 7.49. The molecular formula is C14H18F2N2O3S. The van der Waals surface area contributed by atoms with Crippen LogP contribution in [0.2, 0.25) is 0 Å². The topological polar surface area (TPSA) is 66.5 Å². The fourth-order valence-electron chi connectivity index (χ4n) is 2.19. The van der Waals surface area contributed by atoms with Crippen molar-refractivity contribution in [1.82, 2.24) is 10.2 Å². The van der Waals surface area contributed by atoms with Gasteiger partial charge in [0.1, 0.15) is 0 Å². The maximum atomic E-state index is 13.9. The lowest BCUT2D eigenvalue weighted by molar-refractivity contribution is -0.147. The van der Waals surface area contributed by atoms with Gasteiger partial charge in [-0.15, -0.1) is 0 Å². The van der Waals surface area contributed by atoms with Gasteiger partial charge in [-0.3, -0.25) is 9.69 Å². The van der Waals surface area contributed by atoms with Crippen molar-refractivity contribution in [3.8, 4) is 0 Å². The Morgan fingerprint density at radius 2 is 1.77 bits per heavy atom. The van der Waals surface area contributed by atoms with Crippen LogP contribution in [0.1, 0.15) is 5.56 Å². The molecule has 1 amide bonds. The molecule has 8 heteroatoms. The molecule has 1 aromatic rings. The maximum Gasteiger partial charge on any atom is 0.349 e. The van der Waals surface area contributed by atoms with Gasteiger partial charge in [-0.05, 0) is 0 Å². The van der Waals surface area contributed by atoms with Crippen LogP contribution < -0.4 is 5.32 Å². The van der Waals surface area contributed by atoms with E-state index in [1.54, 1.807) is 6.07 Å². The van der Waals surface area contributed by atoms with Gasteiger partial charge in [0.15, 0.2) is 9.84 Å². The summed E-state index contributed by atoms with van der Waals surface area (Å²) in [4.78, 5) is 13.5. The molecule has 5 nitrogen and oxygen atoms in total. The fraction of sp³-hybridized carbons (Fsp3) is 0.500. The number of halogens is 2. The SMILES string of the molecule is O=C(NCCN1CCS(=O)(=O)CC1)C(F)(F)c1ccccc1. The molecular weight excluding hydrogens is 314 g/mol. The van der Waals surface area contributed by atoms with E-state index >= 15 is 0 Å². The van der Waals surface area contributed by atoms with Gasteiger partial charge in [-0.25, -0.2) is 8.42 Å². The third-order valence-corrected chi connectivity index (χ3v) is 5.18. The summed E-state index contributed by atoms with van der Waals surface area (Å²) in [5.41, 5.74) is -0.350. The number of amides is 1. The van der Waals surface area contributed by atoms with E-state index in [0.717, 1.165) is 0 Å². The first-order valence-electron chi connectivity index (χ1n) is 6.96. The van der Waals surface area contributed by atoms with Gasteiger partial charge in [-0.2, -0.15) is 8.78 Å². The average molecular weight is 332 g/mol. The van der Waals surface area contributed by atoms with E-state index in [0.29, 0.717) is 19.6 Å². The minimum Gasteiger partial charge on any atom is -0.349 e. The zero-order chi connectivity index (χ0) is 16.2. The highest BCUT2D eigenvalue weighted by molar-refractivity contribution is 7.91. The molecule has 2 rings (SSSR count). The van der Waals surface area contributed by atoms with E-state index in [-0.39, 0.29) is 23.6 Å². The van der Waals surface area contributed by atoms with E-state index in [1.807, 2.05) is 4.90 Å². The zero-order valence-electron chi connectivity index (χ0n) is 12.0. The molecule has 0 spiro atoms. The first kappa shape index (κ1) is 16.8. The summed E-state index contributed by atoms with van der Waals surface area (Å²) in [6, 6.07) is 6.90. The second-order valence-electron chi connectivity index (χ2n) is 5.19. The molecule has 0 bridgehead atoms. The third kappa shape index (κ3) is 4.23. The van der Waals surface area contributed by atoms with Crippen LogP contribution in [0, 0.1) is 0 Å². The highest BCUT2D eigenvalue weighted by atomic mass is 32.2. The lowest BCUT2D eigenvalue weighted by atomic mass is 10.1. The molecule has 0 atom stereocenters. The monoisotopic (exact) mass is 332 g/mol. The van der Waals surface area contributed by atoms with Crippen molar-refractivity contribution in [2.24, 2.45) is 0 Å². The van der Waals surface area contributed by atoms with Crippen molar-refractivity contribution in [3.05, 3.63) is 35.9 Å². The van der Waals surface area contributed by atoms with Gasteiger partial charge >= 0.3 is 5.92 Å². The number of hydrogen-bond donors (Lipinski definition) is 1. The second kappa shape index (κ2) is 6.70. The molecule has 0 aliphatic carbocycles. The van der Waals surface area contributed by atoms with Crippen LogP contribution in [0.15, 0.2) is 30.3 Å². The molecule has 1 aliphatic rings. The normalized spacial score (nSPS) is 18.8. The number of alkyl halides is 2. The van der Waals surface area contributed by atoms with Crippen molar-refractivity contribution in [3.63, 3.8) is 0 Å². The summed E-state index contributed by atoms with van der Waals surface area (Å²) in [6.45, 7) is 1.15. The summed E-state index contributed by atoms with van der Waals surface area (Å²) >= 11 is 0. The van der Waals surface area contributed by atoms with Crippen LogP contribution in [0.5, 0.6) is 0 Å². The van der Waals surface area contributed by atoms with Crippen LogP contribution in [-0.2, 0) is 20.6 Å². The van der Waals surface area contributed by atoms with Crippen LogP contribution in [0.4, 0.5) is 8.78 Å². The number of nitrogens with one attached hydrogen (secondary N) is 1. The van der Waals surface area contributed by atoms with E-state index < -0.39 is 21.7 Å². The lowest BCUT2D eigenvalue weighted by Gasteiger charge is -2.26. The third-order valence-electron chi connectivity index (χ3n) is 3.57. The van der Waals surface area contributed by atoms with Crippen molar-refractivity contribution in [2.45, 2.75) is 5.92 Å². The van der Waals surface area contributed by atoms with E-state index in [1.165, 1.54) is 24.3 Å². The van der Waals surface area contributed by atoms with Gasteiger partial charge in [-0.1, -0.05) is 30.3 Å².